The Morgan fingerprint density at radius 2 is 1.93 bits per heavy atom. The highest BCUT2D eigenvalue weighted by Crippen LogP contribution is 2.29. The van der Waals surface area contributed by atoms with E-state index in [1.54, 1.807) is 36.4 Å². The summed E-state index contributed by atoms with van der Waals surface area (Å²) in [6, 6.07) is 5.06. The van der Waals surface area contributed by atoms with Crippen LogP contribution in [0.15, 0.2) is 36.9 Å². The minimum Gasteiger partial charge on any atom is -0.493 e. The molecule has 0 radical (unpaired) electrons. The first-order chi connectivity index (χ1) is 14.0. The molecule has 0 saturated heterocycles. The second-order valence-electron chi connectivity index (χ2n) is 5.81. The number of nitrogens with zero attached hydrogens (tertiary/aromatic N) is 1. The fourth-order valence-electron chi connectivity index (χ4n) is 2.19. The van der Waals surface area contributed by atoms with E-state index in [1.165, 1.54) is 7.11 Å². The van der Waals surface area contributed by atoms with Crippen LogP contribution in [-0.4, -0.2) is 37.3 Å². The van der Waals surface area contributed by atoms with Crippen LogP contribution in [0.4, 0.5) is 0 Å². The first kappa shape index (κ1) is 23.7. The van der Waals surface area contributed by atoms with E-state index in [9.17, 15) is 19.7 Å². The molecule has 158 valence electrons. The summed E-state index contributed by atoms with van der Waals surface area (Å²) in [6.07, 6.45) is 7.05. The summed E-state index contributed by atoms with van der Waals surface area (Å²) < 4.78 is 15.6. The van der Waals surface area contributed by atoms with E-state index < -0.39 is 11.1 Å². The zero-order valence-electron chi connectivity index (χ0n) is 16.3. The van der Waals surface area contributed by atoms with Crippen LogP contribution in [0, 0.1) is 10.1 Å². The number of allylic oxidation sites excluding steroid dienone is 1. The van der Waals surface area contributed by atoms with E-state index in [-0.39, 0.29) is 32.0 Å². The Balaban J connectivity index is 2.45. The molecule has 0 bridgehead atoms. The van der Waals surface area contributed by atoms with Crippen molar-refractivity contribution in [1.82, 2.24) is 0 Å². The average molecular weight is 407 g/mol. The number of methoxy groups -OCH3 is 1. The number of hydrogen-bond acceptors (Lipinski definition) is 8. The Kier molecular flexibility index (Phi) is 11.2. The van der Waals surface area contributed by atoms with Gasteiger partial charge in [-0.05, 0) is 43.0 Å². The van der Waals surface area contributed by atoms with Gasteiger partial charge >= 0.3 is 11.9 Å². The predicted molar refractivity (Wildman–Crippen MR) is 105 cm³/mol. The molecule has 0 spiro atoms. The van der Waals surface area contributed by atoms with Crippen LogP contribution in [0.5, 0.6) is 11.5 Å². The molecule has 0 unspecified atom stereocenters. The number of benzene rings is 1. The van der Waals surface area contributed by atoms with Gasteiger partial charge in [0, 0.05) is 12.8 Å². The van der Waals surface area contributed by atoms with E-state index in [0.717, 1.165) is 12.0 Å². The molecule has 0 fully saturated rings. The van der Waals surface area contributed by atoms with Gasteiger partial charge in [-0.15, -0.1) is 16.7 Å². The van der Waals surface area contributed by atoms with Gasteiger partial charge in [0.25, 0.3) is 5.09 Å². The Bertz CT molecular complexity index is 729. The summed E-state index contributed by atoms with van der Waals surface area (Å²) >= 11 is 0. The zero-order valence-corrected chi connectivity index (χ0v) is 16.3. The van der Waals surface area contributed by atoms with Gasteiger partial charge in [-0.3, -0.25) is 9.59 Å². The molecule has 0 aromatic heterocycles. The summed E-state index contributed by atoms with van der Waals surface area (Å²) in [7, 11) is 1.47. The molecule has 0 heterocycles. The van der Waals surface area contributed by atoms with Crippen LogP contribution in [0.25, 0.3) is 6.08 Å². The quantitative estimate of drug-likeness (QED) is 0.115. The van der Waals surface area contributed by atoms with Gasteiger partial charge in [-0.1, -0.05) is 18.2 Å². The van der Waals surface area contributed by atoms with Crippen molar-refractivity contribution in [3.8, 4) is 11.5 Å². The van der Waals surface area contributed by atoms with Gasteiger partial charge in [0.2, 0.25) is 0 Å². The van der Waals surface area contributed by atoms with Crippen LogP contribution in [-0.2, 0) is 19.2 Å². The molecule has 0 saturated carbocycles. The fourth-order valence-corrected chi connectivity index (χ4v) is 2.19. The van der Waals surface area contributed by atoms with Gasteiger partial charge < -0.3 is 19.0 Å². The van der Waals surface area contributed by atoms with Crippen LogP contribution in [0.2, 0.25) is 0 Å². The lowest BCUT2D eigenvalue weighted by molar-refractivity contribution is -0.757. The molecule has 0 N–H and O–H groups in total. The van der Waals surface area contributed by atoms with Crippen LogP contribution >= 0.6 is 0 Å². The standard InChI is InChI=1S/C20H25NO8/c1-3-4-5-9-20(23)29-17-12-11-16(15-18(17)26-2)8-6-13-27-19(22)10-7-14-28-21(24)25/h3,6,8,11-12,15H,1,4-5,7,9-10,13-14H2,2H3/b8-6+. The molecule has 1 aromatic rings. The third-order valence-corrected chi connectivity index (χ3v) is 3.57. The second kappa shape index (κ2) is 13.8. The molecule has 29 heavy (non-hydrogen) atoms. The fraction of sp³-hybridized carbons (Fsp3) is 0.400. The molecule has 0 aliphatic rings. The lowest BCUT2D eigenvalue weighted by Gasteiger charge is -2.10. The molecule has 0 atom stereocenters. The maximum atomic E-state index is 11.8. The summed E-state index contributed by atoms with van der Waals surface area (Å²) in [5, 5.41) is 9.08. The van der Waals surface area contributed by atoms with Crippen LogP contribution in [0.3, 0.4) is 0 Å². The molecule has 9 nitrogen and oxygen atoms in total. The largest absolute Gasteiger partial charge is 0.493 e. The van der Waals surface area contributed by atoms with Crippen LogP contribution < -0.4 is 9.47 Å². The maximum Gasteiger partial charge on any atom is 0.311 e. The van der Waals surface area contributed by atoms with Crippen molar-refractivity contribution in [2.24, 2.45) is 0 Å². The lowest BCUT2D eigenvalue weighted by Crippen LogP contribution is -2.08. The summed E-state index contributed by atoms with van der Waals surface area (Å²) in [6.45, 7) is 3.51. The molecule has 1 aromatic carbocycles. The van der Waals surface area contributed by atoms with Crippen molar-refractivity contribution < 1.29 is 33.7 Å². The summed E-state index contributed by atoms with van der Waals surface area (Å²) in [5.41, 5.74) is 0.767. The van der Waals surface area contributed by atoms with Crippen molar-refractivity contribution >= 4 is 18.0 Å². The van der Waals surface area contributed by atoms with Gasteiger partial charge in [0.1, 0.15) is 6.61 Å². The number of carbonyl (C=O) groups excluding carboxylic acids is 2. The number of esters is 2. The highest BCUT2D eigenvalue weighted by Gasteiger charge is 2.10. The monoisotopic (exact) mass is 407 g/mol. The second-order valence-corrected chi connectivity index (χ2v) is 5.81. The SMILES string of the molecule is C=CCCCC(=O)Oc1ccc(/C=C/COC(=O)CCCO[N+](=O)[O-])cc1OC. The predicted octanol–water partition coefficient (Wildman–Crippen LogP) is 3.50. The first-order valence-electron chi connectivity index (χ1n) is 9.05. The molecular weight excluding hydrogens is 382 g/mol. The maximum absolute atomic E-state index is 11.8. The number of ether oxygens (including phenoxy) is 3. The summed E-state index contributed by atoms with van der Waals surface area (Å²) in [5.74, 6) is -0.0783. The minimum atomic E-state index is -0.905. The molecule has 9 heteroatoms. The molecular formula is C20H25NO8. The Morgan fingerprint density at radius 3 is 2.62 bits per heavy atom. The Labute approximate surface area is 169 Å². The van der Waals surface area contributed by atoms with Crippen molar-refractivity contribution in [1.29, 1.82) is 0 Å². The van der Waals surface area contributed by atoms with Gasteiger partial charge in [-0.2, -0.15) is 0 Å². The van der Waals surface area contributed by atoms with Crippen molar-refractivity contribution in [3.05, 3.63) is 52.6 Å². The smallest absolute Gasteiger partial charge is 0.311 e. The lowest BCUT2D eigenvalue weighted by atomic mass is 10.2. The molecule has 0 aliphatic heterocycles. The average Bonchev–Trinajstić information content (AvgIpc) is 2.69. The Hall–Kier alpha value is -3.36. The third kappa shape index (κ3) is 10.5. The zero-order chi connectivity index (χ0) is 21.5. The van der Waals surface area contributed by atoms with E-state index in [0.29, 0.717) is 24.3 Å². The number of carbonyl (C=O) groups is 2. The van der Waals surface area contributed by atoms with Crippen molar-refractivity contribution in [3.63, 3.8) is 0 Å². The number of hydrogen-bond donors (Lipinski definition) is 0. The summed E-state index contributed by atoms with van der Waals surface area (Å²) in [4.78, 5) is 37.4. The molecule has 0 amide bonds. The highest BCUT2D eigenvalue weighted by molar-refractivity contribution is 5.73. The molecule has 0 aliphatic carbocycles. The van der Waals surface area contributed by atoms with Gasteiger partial charge in [0.05, 0.1) is 13.7 Å². The highest BCUT2D eigenvalue weighted by atomic mass is 16.9. The number of rotatable bonds is 14. The van der Waals surface area contributed by atoms with E-state index in [2.05, 4.69) is 11.4 Å². The normalized spacial score (nSPS) is 10.4. The van der Waals surface area contributed by atoms with E-state index >= 15 is 0 Å². The topological polar surface area (TPSA) is 114 Å². The van der Waals surface area contributed by atoms with Gasteiger partial charge in [0.15, 0.2) is 11.5 Å². The Morgan fingerprint density at radius 1 is 1.17 bits per heavy atom. The first-order valence-corrected chi connectivity index (χ1v) is 9.05. The van der Waals surface area contributed by atoms with Crippen LogP contribution in [0.1, 0.15) is 37.7 Å². The van der Waals surface area contributed by atoms with Crippen molar-refractivity contribution in [2.45, 2.75) is 32.1 Å². The number of unbranched alkanes of at least 4 members (excludes halogenated alkanes) is 1. The molecule has 1 rings (SSSR count). The van der Waals surface area contributed by atoms with E-state index in [1.807, 2.05) is 0 Å². The van der Waals surface area contributed by atoms with Crippen molar-refractivity contribution in [2.75, 3.05) is 20.3 Å². The third-order valence-electron chi connectivity index (χ3n) is 3.57. The van der Waals surface area contributed by atoms with Gasteiger partial charge in [-0.25, -0.2) is 0 Å². The van der Waals surface area contributed by atoms with E-state index in [4.69, 9.17) is 14.2 Å². The minimum absolute atomic E-state index is 0.0301.